The molecule has 4 heteroatoms. The number of methoxy groups -OCH3 is 1. The quantitative estimate of drug-likeness (QED) is 0.793. The first-order valence-electron chi connectivity index (χ1n) is 6.38. The molecule has 0 aromatic heterocycles. The van der Waals surface area contributed by atoms with Crippen molar-refractivity contribution in [2.75, 3.05) is 40.0 Å². The molecule has 1 aliphatic heterocycles. The molecule has 18 heavy (non-hydrogen) atoms. The molecule has 100 valence electrons. The van der Waals surface area contributed by atoms with E-state index < -0.39 is 0 Å². The molecule has 1 heterocycles. The van der Waals surface area contributed by atoms with E-state index in [9.17, 15) is 0 Å². The first-order valence-corrected chi connectivity index (χ1v) is 6.76. The predicted octanol–water partition coefficient (Wildman–Crippen LogP) is 2.69. The second-order valence-corrected chi connectivity index (χ2v) is 5.10. The topological polar surface area (TPSA) is 21.7 Å². The van der Waals surface area contributed by atoms with Crippen LogP contribution in [0, 0.1) is 5.92 Å². The summed E-state index contributed by atoms with van der Waals surface area (Å²) < 4.78 is 10.9. The second-order valence-electron chi connectivity index (χ2n) is 4.69. The van der Waals surface area contributed by atoms with Gasteiger partial charge in [0.05, 0.1) is 11.6 Å². The van der Waals surface area contributed by atoms with Crippen LogP contribution in [0.5, 0.6) is 5.75 Å². The van der Waals surface area contributed by atoms with E-state index >= 15 is 0 Å². The summed E-state index contributed by atoms with van der Waals surface area (Å²) in [7, 11) is 1.77. The molecular formula is C14H20ClNO2. The van der Waals surface area contributed by atoms with Gasteiger partial charge in [-0.2, -0.15) is 0 Å². The maximum Gasteiger partial charge on any atom is 0.137 e. The summed E-state index contributed by atoms with van der Waals surface area (Å²) in [5.74, 6) is 1.45. The Hall–Kier alpha value is -0.770. The third kappa shape index (κ3) is 3.87. The van der Waals surface area contributed by atoms with Crippen LogP contribution in [0.4, 0.5) is 0 Å². The smallest absolute Gasteiger partial charge is 0.137 e. The summed E-state index contributed by atoms with van der Waals surface area (Å²) in [5.41, 5.74) is 0. The largest absolute Gasteiger partial charge is 0.491 e. The van der Waals surface area contributed by atoms with Crippen LogP contribution in [0.15, 0.2) is 24.3 Å². The summed E-state index contributed by atoms with van der Waals surface area (Å²) in [4.78, 5) is 2.42. The highest BCUT2D eigenvalue weighted by Gasteiger charge is 2.21. The molecule has 1 atom stereocenters. The van der Waals surface area contributed by atoms with Crippen molar-refractivity contribution in [3.05, 3.63) is 29.3 Å². The molecule has 0 unspecified atom stereocenters. The predicted molar refractivity (Wildman–Crippen MR) is 73.4 cm³/mol. The summed E-state index contributed by atoms with van der Waals surface area (Å²) in [6.07, 6.45) is 1.22. The lowest BCUT2D eigenvalue weighted by atomic mass is 10.1. The lowest BCUT2D eigenvalue weighted by molar-refractivity contribution is 0.150. The number of rotatable bonds is 6. The van der Waals surface area contributed by atoms with E-state index in [1.165, 1.54) is 6.42 Å². The Morgan fingerprint density at radius 3 is 3.00 bits per heavy atom. The van der Waals surface area contributed by atoms with E-state index in [1.807, 2.05) is 24.3 Å². The highest BCUT2D eigenvalue weighted by Crippen LogP contribution is 2.23. The zero-order chi connectivity index (χ0) is 12.8. The monoisotopic (exact) mass is 269 g/mol. The van der Waals surface area contributed by atoms with E-state index in [-0.39, 0.29) is 0 Å². The van der Waals surface area contributed by atoms with Gasteiger partial charge in [0, 0.05) is 20.2 Å². The Balaban J connectivity index is 1.69. The summed E-state index contributed by atoms with van der Waals surface area (Å²) in [5, 5.41) is 0.677. The fourth-order valence-electron chi connectivity index (χ4n) is 2.33. The van der Waals surface area contributed by atoms with Crippen LogP contribution >= 0.6 is 11.6 Å². The van der Waals surface area contributed by atoms with E-state index in [2.05, 4.69) is 4.90 Å². The lowest BCUT2D eigenvalue weighted by Crippen LogP contribution is -2.26. The summed E-state index contributed by atoms with van der Waals surface area (Å²) in [6, 6.07) is 7.60. The Morgan fingerprint density at radius 2 is 2.22 bits per heavy atom. The molecule has 0 N–H and O–H groups in total. The van der Waals surface area contributed by atoms with Crippen LogP contribution < -0.4 is 4.74 Å². The molecule has 1 aromatic carbocycles. The maximum atomic E-state index is 6.03. The van der Waals surface area contributed by atoms with E-state index in [1.54, 1.807) is 7.11 Å². The highest BCUT2D eigenvalue weighted by atomic mass is 35.5. The molecule has 0 bridgehead atoms. The van der Waals surface area contributed by atoms with Crippen molar-refractivity contribution in [2.24, 2.45) is 5.92 Å². The number of nitrogens with zero attached hydrogens (tertiary/aromatic N) is 1. The van der Waals surface area contributed by atoms with Crippen LogP contribution in [-0.4, -0.2) is 44.9 Å². The van der Waals surface area contributed by atoms with Gasteiger partial charge in [0.2, 0.25) is 0 Å². The van der Waals surface area contributed by atoms with E-state index in [0.29, 0.717) is 17.5 Å². The van der Waals surface area contributed by atoms with Crippen LogP contribution in [0.3, 0.4) is 0 Å². The normalized spacial score (nSPS) is 20.2. The van der Waals surface area contributed by atoms with Crippen LogP contribution in [0.1, 0.15) is 6.42 Å². The van der Waals surface area contributed by atoms with Crippen LogP contribution in [-0.2, 0) is 4.74 Å². The number of ether oxygens (including phenoxy) is 2. The molecule has 0 radical (unpaired) electrons. The molecule has 1 aromatic rings. The Morgan fingerprint density at radius 1 is 1.39 bits per heavy atom. The molecule has 1 saturated heterocycles. The number of halogens is 1. The van der Waals surface area contributed by atoms with Crippen molar-refractivity contribution < 1.29 is 9.47 Å². The van der Waals surface area contributed by atoms with Gasteiger partial charge in [-0.3, -0.25) is 4.90 Å². The average molecular weight is 270 g/mol. The molecule has 0 saturated carbocycles. The van der Waals surface area contributed by atoms with Gasteiger partial charge in [0.15, 0.2) is 0 Å². The minimum atomic E-state index is 0.676. The highest BCUT2D eigenvalue weighted by molar-refractivity contribution is 6.32. The lowest BCUT2D eigenvalue weighted by Gasteiger charge is -2.16. The third-order valence-electron chi connectivity index (χ3n) is 3.27. The van der Waals surface area contributed by atoms with Crippen molar-refractivity contribution in [3.63, 3.8) is 0 Å². The molecule has 1 fully saturated rings. The first-order chi connectivity index (χ1) is 8.79. The number of hydrogen-bond acceptors (Lipinski definition) is 3. The molecular weight excluding hydrogens is 250 g/mol. The summed E-state index contributed by atoms with van der Waals surface area (Å²) in [6.45, 7) is 4.75. The molecule has 2 rings (SSSR count). The zero-order valence-corrected chi connectivity index (χ0v) is 11.5. The van der Waals surface area contributed by atoms with Crippen molar-refractivity contribution in [2.45, 2.75) is 6.42 Å². The SMILES string of the molecule is COC[C@@H]1CCN(CCOc2ccccc2Cl)C1. The van der Waals surface area contributed by atoms with Gasteiger partial charge < -0.3 is 9.47 Å². The van der Waals surface area contributed by atoms with Crippen LogP contribution in [0.25, 0.3) is 0 Å². The van der Waals surface area contributed by atoms with Gasteiger partial charge in [-0.25, -0.2) is 0 Å². The molecule has 0 aliphatic carbocycles. The van der Waals surface area contributed by atoms with Crippen molar-refractivity contribution in [1.82, 2.24) is 4.90 Å². The average Bonchev–Trinajstić information content (AvgIpc) is 2.80. The van der Waals surface area contributed by atoms with Gasteiger partial charge >= 0.3 is 0 Å². The number of hydrogen-bond donors (Lipinski definition) is 0. The molecule has 1 aliphatic rings. The van der Waals surface area contributed by atoms with Crippen molar-refractivity contribution in [1.29, 1.82) is 0 Å². The Kier molecular flexibility index (Phi) is 5.29. The molecule has 0 amide bonds. The fourth-order valence-corrected chi connectivity index (χ4v) is 2.52. The van der Waals surface area contributed by atoms with E-state index in [0.717, 1.165) is 32.0 Å². The van der Waals surface area contributed by atoms with Crippen LogP contribution in [0.2, 0.25) is 5.02 Å². The van der Waals surface area contributed by atoms with Crippen molar-refractivity contribution in [3.8, 4) is 5.75 Å². The Labute approximate surface area is 114 Å². The number of likely N-dealkylation sites (tertiary alicyclic amines) is 1. The zero-order valence-electron chi connectivity index (χ0n) is 10.8. The van der Waals surface area contributed by atoms with E-state index in [4.69, 9.17) is 21.1 Å². The standard InChI is InChI=1S/C14H20ClNO2/c1-17-11-12-6-7-16(10-12)8-9-18-14-5-3-2-4-13(14)15/h2-5,12H,6-11H2,1H3/t12-/m1/s1. The van der Waals surface area contributed by atoms with Gasteiger partial charge in [-0.05, 0) is 31.0 Å². The summed E-state index contributed by atoms with van der Waals surface area (Å²) >= 11 is 6.03. The first kappa shape index (κ1) is 13.7. The minimum absolute atomic E-state index is 0.676. The minimum Gasteiger partial charge on any atom is -0.491 e. The second kappa shape index (κ2) is 6.98. The Bertz CT molecular complexity index is 373. The van der Waals surface area contributed by atoms with Gasteiger partial charge in [-0.1, -0.05) is 23.7 Å². The molecule has 0 spiro atoms. The molecule has 3 nitrogen and oxygen atoms in total. The third-order valence-corrected chi connectivity index (χ3v) is 3.59. The van der Waals surface area contributed by atoms with Gasteiger partial charge in [-0.15, -0.1) is 0 Å². The van der Waals surface area contributed by atoms with Crippen molar-refractivity contribution >= 4 is 11.6 Å². The van der Waals surface area contributed by atoms with Gasteiger partial charge in [0.1, 0.15) is 12.4 Å². The fraction of sp³-hybridized carbons (Fsp3) is 0.571. The maximum absolute atomic E-state index is 6.03. The number of benzene rings is 1. The number of para-hydroxylation sites is 1. The van der Waals surface area contributed by atoms with Gasteiger partial charge in [0.25, 0.3) is 0 Å².